The highest BCUT2D eigenvalue weighted by Gasteiger charge is 2.39. The first-order chi connectivity index (χ1) is 15.6. The lowest BCUT2D eigenvalue weighted by Gasteiger charge is -2.44. The summed E-state index contributed by atoms with van der Waals surface area (Å²) >= 11 is 0. The predicted molar refractivity (Wildman–Crippen MR) is 120 cm³/mol. The molecule has 0 aliphatic carbocycles. The van der Waals surface area contributed by atoms with Crippen molar-refractivity contribution in [1.29, 1.82) is 0 Å². The maximum atomic E-state index is 12.7. The van der Waals surface area contributed by atoms with Crippen molar-refractivity contribution < 1.29 is 19.1 Å². The van der Waals surface area contributed by atoms with Crippen molar-refractivity contribution in [2.45, 2.75) is 57.0 Å². The number of carbonyl (C=O) groups excluding carboxylic acids is 3. The summed E-state index contributed by atoms with van der Waals surface area (Å²) in [6, 6.07) is 6.88. The van der Waals surface area contributed by atoms with Gasteiger partial charge in [0, 0.05) is 19.1 Å². The predicted octanol–water partition coefficient (Wildman–Crippen LogP) is 1.93. The van der Waals surface area contributed by atoms with Gasteiger partial charge < -0.3 is 20.3 Å². The Bertz CT molecular complexity index is 843. The molecule has 0 radical (unpaired) electrons. The van der Waals surface area contributed by atoms with E-state index in [0.717, 1.165) is 17.7 Å². The minimum atomic E-state index is -0.794. The molecule has 3 saturated heterocycles. The van der Waals surface area contributed by atoms with E-state index in [1.165, 1.54) is 43.7 Å². The number of hydrogen-bond donors (Lipinski definition) is 2. The molecule has 8 heteroatoms. The normalized spacial score (nSPS) is 25.9. The molecule has 2 N–H and O–H groups in total. The maximum Gasteiger partial charge on any atom is 0.324 e. The molecule has 0 spiro atoms. The van der Waals surface area contributed by atoms with Gasteiger partial charge in [-0.15, -0.1) is 0 Å². The summed E-state index contributed by atoms with van der Waals surface area (Å²) in [4.78, 5) is 41.4. The van der Waals surface area contributed by atoms with Crippen LogP contribution in [0, 0.1) is 5.92 Å². The zero-order valence-corrected chi connectivity index (χ0v) is 18.8. The number of rotatable bonds is 8. The molecule has 1 aromatic rings. The largest absolute Gasteiger partial charge is 0.496 e. The average molecular weight is 443 g/mol. The van der Waals surface area contributed by atoms with Gasteiger partial charge >= 0.3 is 6.03 Å². The first-order valence-corrected chi connectivity index (χ1v) is 11.8. The van der Waals surface area contributed by atoms with Crippen molar-refractivity contribution >= 4 is 17.8 Å². The molecule has 4 amide bonds. The summed E-state index contributed by atoms with van der Waals surface area (Å²) in [7, 11) is 1.60. The van der Waals surface area contributed by atoms with Gasteiger partial charge in [0.05, 0.1) is 13.5 Å². The highest BCUT2D eigenvalue weighted by Crippen LogP contribution is 2.30. The van der Waals surface area contributed by atoms with Crippen molar-refractivity contribution in [2.24, 2.45) is 5.92 Å². The van der Waals surface area contributed by atoms with Crippen LogP contribution in [0.15, 0.2) is 24.3 Å². The fraction of sp³-hybridized carbons (Fsp3) is 0.625. The van der Waals surface area contributed by atoms with Crippen LogP contribution in [0.2, 0.25) is 0 Å². The van der Waals surface area contributed by atoms with E-state index in [9.17, 15) is 14.4 Å². The molecular formula is C24H34N4O4. The quantitative estimate of drug-likeness (QED) is 0.601. The Balaban J connectivity index is 1.26. The Morgan fingerprint density at radius 2 is 1.97 bits per heavy atom. The summed E-state index contributed by atoms with van der Waals surface area (Å²) < 4.78 is 5.34. The second kappa shape index (κ2) is 10.3. The van der Waals surface area contributed by atoms with Crippen LogP contribution in [-0.2, 0) is 16.0 Å². The number of methoxy groups -OCH3 is 1. The van der Waals surface area contributed by atoms with E-state index in [1.807, 2.05) is 24.3 Å². The third-order valence-electron chi connectivity index (χ3n) is 7.08. The molecule has 8 nitrogen and oxygen atoms in total. The molecule has 0 bridgehead atoms. The van der Waals surface area contributed by atoms with Gasteiger partial charge in [-0.05, 0) is 62.7 Å². The van der Waals surface area contributed by atoms with E-state index >= 15 is 0 Å². The molecule has 0 unspecified atom stereocenters. The number of imide groups is 1. The van der Waals surface area contributed by atoms with E-state index in [-0.39, 0.29) is 24.8 Å². The minimum absolute atomic E-state index is 0.0170. The van der Waals surface area contributed by atoms with Gasteiger partial charge in [0.1, 0.15) is 11.8 Å². The van der Waals surface area contributed by atoms with Crippen molar-refractivity contribution in [3.05, 3.63) is 29.8 Å². The summed E-state index contributed by atoms with van der Waals surface area (Å²) in [6.45, 7) is 3.24. The molecule has 4 rings (SSSR count). The average Bonchev–Trinajstić information content (AvgIpc) is 3.08. The Labute approximate surface area is 189 Å². The van der Waals surface area contributed by atoms with Crippen LogP contribution in [0.5, 0.6) is 5.75 Å². The number of hydrogen-bond acceptors (Lipinski definition) is 5. The molecule has 3 heterocycles. The molecule has 0 saturated carbocycles. The lowest BCUT2D eigenvalue weighted by Crippen LogP contribution is -2.51. The fourth-order valence-corrected chi connectivity index (χ4v) is 5.39. The summed E-state index contributed by atoms with van der Waals surface area (Å²) in [6.07, 6.45) is 6.54. The number of piperidine rings is 2. The van der Waals surface area contributed by atoms with Crippen LogP contribution in [0.1, 0.15) is 44.1 Å². The third-order valence-corrected chi connectivity index (χ3v) is 7.08. The molecule has 3 fully saturated rings. The number of nitrogens with one attached hydrogen (secondary N) is 2. The number of fused-ring (bicyclic) bond motifs is 1. The van der Waals surface area contributed by atoms with Gasteiger partial charge in [-0.1, -0.05) is 24.6 Å². The molecule has 3 aliphatic heterocycles. The van der Waals surface area contributed by atoms with Crippen molar-refractivity contribution in [3.8, 4) is 5.75 Å². The van der Waals surface area contributed by atoms with Crippen LogP contribution in [-0.4, -0.2) is 73.0 Å². The number of ether oxygens (including phenoxy) is 1. The van der Waals surface area contributed by atoms with Gasteiger partial charge in [0.2, 0.25) is 5.91 Å². The van der Waals surface area contributed by atoms with E-state index in [0.29, 0.717) is 24.9 Å². The molecule has 32 heavy (non-hydrogen) atoms. The molecule has 1 aromatic carbocycles. The Morgan fingerprint density at radius 1 is 1.16 bits per heavy atom. The van der Waals surface area contributed by atoms with Crippen LogP contribution in [0.25, 0.3) is 0 Å². The van der Waals surface area contributed by atoms with Crippen LogP contribution in [0.3, 0.4) is 0 Å². The minimum Gasteiger partial charge on any atom is -0.496 e. The highest BCUT2D eigenvalue weighted by atomic mass is 16.5. The van der Waals surface area contributed by atoms with E-state index in [2.05, 4.69) is 15.5 Å². The van der Waals surface area contributed by atoms with Gasteiger partial charge in [-0.3, -0.25) is 14.5 Å². The zero-order valence-electron chi connectivity index (χ0n) is 18.8. The standard InChI is InChI=1S/C24H34N4O4/c1-32-21-10-3-2-7-17(21)11-14-28-23(30)19(26-24(28)31)15-22(29)25-16-18-8-6-13-27-12-5-4-9-20(18)27/h2-3,7,10,18-20H,4-6,8-9,11-16H2,1H3,(H,25,29)(H,26,31)/t18-,19-,20+/m0/s1. The lowest BCUT2D eigenvalue weighted by atomic mass is 9.83. The monoisotopic (exact) mass is 442 g/mol. The van der Waals surface area contributed by atoms with E-state index in [4.69, 9.17) is 4.74 Å². The fourth-order valence-electron chi connectivity index (χ4n) is 5.39. The molecule has 174 valence electrons. The molecule has 0 aromatic heterocycles. The van der Waals surface area contributed by atoms with E-state index < -0.39 is 12.1 Å². The molecule has 3 atom stereocenters. The second-order valence-electron chi connectivity index (χ2n) is 9.06. The van der Waals surface area contributed by atoms with Crippen molar-refractivity contribution in [3.63, 3.8) is 0 Å². The number of benzene rings is 1. The Morgan fingerprint density at radius 3 is 2.81 bits per heavy atom. The first kappa shape index (κ1) is 22.6. The number of urea groups is 1. The number of para-hydroxylation sites is 1. The topological polar surface area (TPSA) is 91.0 Å². The second-order valence-corrected chi connectivity index (χ2v) is 9.06. The smallest absolute Gasteiger partial charge is 0.324 e. The van der Waals surface area contributed by atoms with Gasteiger partial charge in [0.25, 0.3) is 5.91 Å². The van der Waals surface area contributed by atoms with Crippen molar-refractivity contribution in [2.75, 3.05) is 33.3 Å². The highest BCUT2D eigenvalue weighted by molar-refractivity contribution is 6.05. The summed E-state index contributed by atoms with van der Waals surface area (Å²) in [5.74, 6) is 0.688. The number of amides is 4. The molecular weight excluding hydrogens is 408 g/mol. The first-order valence-electron chi connectivity index (χ1n) is 11.8. The van der Waals surface area contributed by atoms with Crippen LogP contribution in [0.4, 0.5) is 4.79 Å². The Kier molecular flexibility index (Phi) is 7.29. The van der Waals surface area contributed by atoms with E-state index in [1.54, 1.807) is 7.11 Å². The third kappa shape index (κ3) is 5.06. The maximum absolute atomic E-state index is 12.7. The summed E-state index contributed by atoms with van der Waals surface area (Å²) in [5.41, 5.74) is 0.932. The van der Waals surface area contributed by atoms with Crippen molar-refractivity contribution in [1.82, 2.24) is 20.4 Å². The summed E-state index contributed by atoms with van der Waals surface area (Å²) in [5, 5.41) is 5.70. The SMILES string of the molecule is COc1ccccc1CCN1C(=O)N[C@@H](CC(=O)NC[C@@H]2CCCN3CCCC[C@H]23)C1=O. The van der Waals surface area contributed by atoms with Crippen LogP contribution < -0.4 is 15.4 Å². The van der Waals surface area contributed by atoms with Gasteiger partial charge in [-0.2, -0.15) is 0 Å². The van der Waals surface area contributed by atoms with Crippen LogP contribution >= 0.6 is 0 Å². The Hall–Kier alpha value is -2.61. The van der Waals surface area contributed by atoms with Gasteiger partial charge in [-0.25, -0.2) is 4.79 Å². The molecule has 3 aliphatic rings. The number of carbonyl (C=O) groups is 3. The lowest BCUT2D eigenvalue weighted by molar-refractivity contribution is -0.131. The van der Waals surface area contributed by atoms with Gasteiger partial charge in [0.15, 0.2) is 0 Å². The zero-order chi connectivity index (χ0) is 22.5. The number of nitrogens with zero attached hydrogens (tertiary/aromatic N) is 2.